The van der Waals surface area contributed by atoms with Gasteiger partial charge in [-0.25, -0.2) is 0 Å². The van der Waals surface area contributed by atoms with Crippen molar-refractivity contribution in [3.05, 3.63) is 35.9 Å². The van der Waals surface area contributed by atoms with E-state index in [4.69, 9.17) is 0 Å². The van der Waals surface area contributed by atoms with E-state index in [-0.39, 0.29) is 18.3 Å². The van der Waals surface area contributed by atoms with Crippen molar-refractivity contribution in [2.75, 3.05) is 19.6 Å². The molecule has 0 aliphatic carbocycles. The summed E-state index contributed by atoms with van der Waals surface area (Å²) < 4.78 is 0. The van der Waals surface area contributed by atoms with E-state index in [9.17, 15) is 4.79 Å². The van der Waals surface area contributed by atoms with E-state index < -0.39 is 0 Å². The minimum atomic E-state index is 0. The second kappa shape index (κ2) is 10.7. The van der Waals surface area contributed by atoms with E-state index in [1.54, 1.807) is 0 Å². The first-order chi connectivity index (χ1) is 10.7. The summed E-state index contributed by atoms with van der Waals surface area (Å²) in [6.45, 7) is 7.36. The van der Waals surface area contributed by atoms with Gasteiger partial charge in [0.05, 0.1) is 0 Å². The van der Waals surface area contributed by atoms with Crippen LogP contribution in [0.4, 0.5) is 0 Å². The zero-order valence-electron chi connectivity index (χ0n) is 14.4. The second-order valence-corrected chi connectivity index (χ2v) is 6.59. The molecule has 0 spiro atoms. The maximum absolute atomic E-state index is 12.2. The molecule has 2 rings (SSSR count). The smallest absolute Gasteiger partial charge is 0.220 e. The highest BCUT2D eigenvalue weighted by Gasteiger charge is 2.22. The maximum atomic E-state index is 12.2. The molecule has 130 valence electrons. The summed E-state index contributed by atoms with van der Waals surface area (Å²) in [5.74, 6) is 1.81. The van der Waals surface area contributed by atoms with E-state index in [2.05, 4.69) is 48.7 Å². The van der Waals surface area contributed by atoms with Gasteiger partial charge in [-0.05, 0) is 49.8 Å². The van der Waals surface area contributed by atoms with E-state index in [0.29, 0.717) is 24.2 Å². The van der Waals surface area contributed by atoms with Crippen LogP contribution in [0.25, 0.3) is 0 Å². The van der Waals surface area contributed by atoms with Crippen LogP contribution in [-0.2, 0) is 4.79 Å². The van der Waals surface area contributed by atoms with Crippen molar-refractivity contribution in [1.82, 2.24) is 10.6 Å². The minimum absolute atomic E-state index is 0. The van der Waals surface area contributed by atoms with Crippen molar-refractivity contribution in [3.8, 4) is 0 Å². The summed E-state index contributed by atoms with van der Waals surface area (Å²) in [7, 11) is 0. The molecule has 1 aliphatic rings. The van der Waals surface area contributed by atoms with Crippen molar-refractivity contribution in [3.63, 3.8) is 0 Å². The number of piperidine rings is 1. The Kier molecular flexibility index (Phi) is 9.27. The Hall–Kier alpha value is -1.06. The number of nitrogens with one attached hydrogen (secondary N) is 2. The van der Waals surface area contributed by atoms with Crippen molar-refractivity contribution >= 4 is 18.3 Å². The lowest BCUT2D eigenvalue weighted by molar-refractivity contribution is -0.122. The molecule has 1 amide bonds. The molecule has 1 aromatic carbocycles. The van der Waals surface area contributed by atoms with Gasteiger partial charge in [-0.3, -0.25) is 4.79 Å². The lowest BCUT2D eigenvalue weighted by atomic mass is 9.84. The number of amides is 1. The van der Waals surface area contributed by atoms with E-state index >= 15 is 0 Å². The van der Waals surface area contributed by atoms with Gasteiger partial charge in [0.2, 0.25) is 5.91 Å². The van der Waals surface area contributed by atoms with Crippen LogP contribution in [0.15, 0.2) is 30.3 Å². The molecule has 0 saturated carbocycles. The zero-order chi connectivity index (χ0) is 15.8. The Bertz CT molecular complexity index is 446. The molecule has 23 heavy (non-hydrogen) atoms. The third-order valence-electron chi connectivity index (χ3n) is 5.01. The Labute approximate surface area is 147 Å². The monoisotopic (exact) mass is 338 g/mol. The van der Waals surface area contributed by atoms with Gasteiger partial charge in [0, 0.05) is 18.9 Å². The van der Waals surface area contributed by atoms with Gasteiger partial charge in [-0.1, -0.05) is 44.2 Å². The van der Waals surface area contributed by atoms with Crippen LogP contribution in [0.2, 0.25) is 0 Å². The van der Waals surface area contributed by atoms with Gasteiger partial charge >= 0.3 is 0 Å². The number of benzene rings is 1. The van der Waals surface area contributed by atoms with Crippen LogP contribution in [0.1, 0.15) is 51.0 Å². The molecule has 2 unspecified atom stereocenters. The molecule has 1 aliphatic heterocycles. The summed E-state index contributed by atoms with van der Waals surface area (Å²) in [6, 6.07) is 10.5. The largest absolute Gasteiger partial charge is 0.355 e. The molecule has 4 heteroatoms. The first kappa shape index (κ1) is 20.0. The van der Waals surface area contributed by atoms with Gasteiger partial charge in [0.15, 0.2) is 0 Å². The molecule has 1 fully saturated rings. The van der Waals surface area contributed by atoms with Gasteiger partial charge in [0.1, 0.15) is 0 Å². The van der Waals surface area contributed by atoms with Gasteiger partial charge in [-0.2, -0.15) is 0 Å². The third kappa shape index (κ3) is 6.52. The molecule has 3 nitrogen and oxygen atoms in total. The summed E-state index contributed by atoms with van der Waals surface area (Å²) in [6.07, 6.45) is 4.12. The Morgan fingerprint density at radius 1 is 1.26 bits per heavy atom. The Balaban J connectivity index is 0.00000264. The normalized spacial score (nSPS) is 17.8. The third-order valence-corrected chi connectivity index (χ3v) is 5.01. The highest BCUT2D eigenvalue weighted by atomic mass is 35.5. The number of carbonyl (C=O) groups excluding carboxylic acids is 1. The molecule has 1 saturated heterocycles. The fourth-order valence-electron chi connectivity index (χ4n) is 3.40. The van der Waals surface area contributed by atoms with Crippen LogP contribution in [0.5, 0.6) is 0 Å². The number of hydrogen-bond acceptors (Lipinski definition) is 2. The van der Waals surface area contributed by atoms with Crippen LogP contribution < -0.4 is 10.6 Å². The standard InChI is InChI=1S/C19H30N2O.ClH/c1-3-16(18-7-5-4-6-8-18)14-21-19(22)13-15(2)17-9-11-20-12-10-17;/h4-8,15-17,20H,3,9-14H2,1-2H3,(H,21,22);1H. The Morgan fingerprint density at radius 3 is 2.52 bits per heavy atom. The molecular formula is C19H31ClN2O. The molecule has 0 radical (unpaired) electrons. The van der Waals surface area contributed by atoms with E-state index in [1.807, 2.05) is 6.07 Å². The van der Waals surface area contributed by atoms with Crippen LogP contribution >= 0.6 is 12.4 Å². The summed E-state index contributed by atoms with van der Waals surface area (Å²) in [5.41, 5.74) is 1.32. The average Bonchev–Trinajstić information content (AvgIpc) is 2.57. The molecule has 0 aromatic heterocycles. The number of hydrogen-bond donors (Lipinski definition) is 2. The lowest BCUT2D eigenvalue weighted by Crippen LogP contribution is -2.34. The summed E-state index contributed by atoms with van der Waals surface area (Å²) in [4.78, 5) is 12.2. The minimum Gasteiger partial charge on any atom is -0.355 e. The van der Waals surface area contributed by atoms with Crippen molar-refractivity contribution in [1.29, 1.82) is 0 Å². The quantitative estimate of drug-likeness (QED) is 0.795. The van der Waals surface area contributed by atoms with E-state index in [0.717, 1.165) is 26.1 Å². The fraction of sp³-hybridized carbons (Fsp3) is 0.632. The summed E-state index contributed by atoms with van der Waals surface area (Å²) >= 11 is 0. The van der Waals surface area contributed by atoms with Crippen LogP contribution in [0, 0.1) is 11.8 Å². The molecule has 1 heterocycles. The number of carbonyl (C=O) groups is 1. The molecular weight excluding hydrogens is 308 g/mol. The molecule has 0 bridgehead atoms. The maximum Gasteiger partial charge on any atom is 0.220 e. The molecule has 2 N–H and O–H groups in total. The second-order valence-electron chi connectivity index (χ2n) is 6.59. The molecule has 1 aromatic rings. The highest BCUT2D eigenvalue weighted by molar-refractivity contribution is 5.85. The first-order valence-corrected chi connectivity index (χ1v) is 8.73. The fourth-order valence-corrected chi connectivity index (χ4v) is 3.40. The topological polar surface area (TPSA) is 41.1 Å². The predicted molar refractivity (Wildman–Crippen MR) is 99.1 cm³/mol. The van der Waals surface area contributed by atoms with Gasteiger partial charge in [-0.15, -0.1) is 12.4 Å². The Morgan fingerprint density at radius 2 is 1.91 bits per heavy atom. The number of halogens is 1. The predicted octanol–water partition coefficient (Wildman–Crippen LogP) is 3.74. The summed E-state index contributed by atoms with van der Waals surface area (Å²) in [5, 5.41) is 6.54. The lowest BCUT2D eigenvalue weighted by Gasteiger charge is -2.28. The molecule has 2 atom stereocenters. The first-order valence-electron chi connectivity index (χ1n) is 8.73. The van der Waals surface area contributed by atoms with Gasteiger partial charge in [0.25, 0.3) is 0 Å². The van der Waals surface area contributed by atoms with Crippen molar-refractivity contribution in [2.45, 2.75) is 45.4 Å². The van der Waals surface area contributed by atoms with Crippen LogP contribution in [0.3, 0.4) is 0 Å². The highest BCUT2D eigenvalue weighted by Crippen LogP contribution is 2.24. The zero-order valence-corrected chi connectivity index (χ0v) is 15.2. The average molecular weight is 339 g/mol. The van der Waals surface area contributed by atoms with Crippen molar-refractivity contribution < 1.29 is 4.79 Å². The SMILES string of the molecule is CCC(CNC(=O)CC(C)C1CCNCC1)c1ccccc1.Cl. The van der Waals surface area contributed by atoms with Gasteiger partial charge < -0.3 is 10.6 Å². The van der Waals surface area contributed by atoms with E-state index in [1.165, 1.54) is 18.4 Å². The number of rotatable bonds is 7. The van der Waals surface area contributed by atoms with Crippen LogP contribution in [-0.4, -0.2) is 25.5 Å². The van der Waals surface area contributed by atoms with Crippen molar-refractivity contribution in [2.24, 2.45) is 11.8 Å².